The van der Waals surface area contributed by atoms with Gasteiger partial charge in [0, 0.05) is 10.5 Å². The van der Waals surface area contributed by atoms with Crippen molar-refractivity contribution in [3.05, 3.63) is 69.4 Å². The summed E-state index contributed by atoms with van der Waals surface area (Å²) in [5.41, 5.74) is 9.47. The van der Waals surface area contributed by atoms with Crippen LogP contribution in [0.4, 0.5) is 4.39 Å². The standard InChI is InChI=1S/C17H19BrFN/c1-11(2)13-5-3-12(4-6-13)7-17(20)14-8-15(18)10-16(19)9-14/h3-6,8-11,17H,7,20H2,1-2H3. The SMILES string of the molecule is CC(C)c1ccc(CC(N)c2cc(F)cc(Br)c2)cc1. The minimum absolute atomic E-state index is 0.202. The van der Waals surface area contributed by atoms with Crippen LogP contribution in [0.2, 0.25) is 0 Å². The summed E-state index contributed by atoms with van der Waals surface area (Å²) in [4.78, 5) is 0. The molecule has 0 aliphatic carbocycles. The number of hydrogen-bond acceptors (Lipinski definition) is 1. The molecule has 3 heteroatoms. The quantitative estimate of drug-likeness (QED) is 0.840. The van der Waals surface area contributed by atoms with E-state index in [-0.39, 0.29) is 11.9 Å². The van der Waals surface area contributed by atoms with Gasteiger partial charge in [0.2, 0.25) is 0 Å². The molecule has 2 aromatic rings. The van der Waals surface area contributed by atoms with Crippen LogP contribution in [0.5, 0.6) is 0 Å². The molecule has 0 fully saturated rings. The van der Waals surface area contributed by atoms with Gasteiger partial charge in [-0.05, 0) is 47.2 Å². The molecule has 106 valence electrons. The predicted octanol–water partition coefficient (Wildman–Crippen LogP) is 4.95. The van der Waals surface area contributed by atoms with Gasteiger partial charge in [-0.25, -0.2) is 4.39 Å². The lowest BCUT2D eigenvalue weighted by atomic mass is 9.96. The second-order valence-corrected chi connectivity index (χ2v) is 6.33. The van der Waals surface area contributed by atoms with E-state index < -0.39 is 0 Å². The largest absolute Gasteiger partial charge is 0.324 e. The Kier molecular flexibility index (Phi) is 4.95. The van der Waals surface area contributed by atoms with Gasteiger partial charge in [-0.2, -0.15) is 0 Å². The molecule has 2 N–H and O–H groups in total. The Morgan fingerprint density at radius 3 is 2.25 bits per heavy atom. The third-order valence-corrected chi connectivity index (χ3v) is 3.87. The van der Waals surface area contributed by atoms with Crippen molar-refractivity contribution >= 4 is 15.9 Å². The van der Waals surface area contributed by atoms with Gasteiger partial charge in [0.05, 0.1) is 0 Å². The molecule has 0 saturated heterocycles. The van der Waals surface area contributed by atoms with Crippen LogP contribution >= 0.6 is 15.9 Å². The smallest absolute Gasteiger partial charge is 0.124 e. The van der Waals surface area contributed by atoms with Crippen LogP contribution in [0.1, 0.15) is 42.5 Å². The van der Waals surface area contributed by atoms with Crippen molar-refractivity contribution < 1.29 is 4.39 Å². The fraction of sp³-hybridized carbons (Fsp3) is 0.294. The molecule has 0 radical (unpaired) electrons. The van der Waals surface area contributed by atoms with Gasteiger partial charge in [-0.15, -0.1) is 0 Å². The number of benzene rings is 2. The fourth-order valence-electron chi connectivity index (χ4n) is 2.20. The van der Waals surface area contributed by atoms with E-state index >= 15 is 0 Å². The summed E-state index contributed by atoms with van der Waals surface area (Å²) in [6.07, 6.45) is 0.703. The number of rotatable bonds is 4. The molecule has 1 nitrogen and oxygen atoms in total. The summed E-state index contributed by atoms with van der Waals surface area (Å²) in [7, 11) is 0. The van der Waals surface area contributed by atoms with E-state index in [4.69, 9.17) is 5.73 Å². The van der Waals surface area contributed by atoms with E-state index in [0.29, 0.717) is 12.3 Å². The van der Waals surface area contributed by atoms with Gasteiger partial charge < -0.3 is 5.73 Å². The van der Waals surface area contributed by atoms with E-state index in [1.807, 2.05) is 6.07 Å². The maximum Gasteiger partial charge on any atom is 0.124 e. The van der Waals surface area contributed by atoms with Crippen molar-refractivity contribution in [1.29, 1.82) is 0 Å². The molecule has 1 atom stereocenters. The van der Waals surface area contributed by atoms with Crippen molar-refractivity contribution in [2.45, 2.75) is 32.2 Å². The summed E-state index contributed by atoms with van der Waals surface area (Å²) in [6.45, 7) is 4.34. The Morgan fingerprint density at radius 1 is 1.05 bits per heavy atom. The zero-order valence-corrected chi connectivity index (χ0v) is 13.3. The van der Waals surface area contributed by atoms with E-state index in [9.17, 15) is 4.39 Å². The highest BCUT2D eigenvalue weighted by molar-refractivity contribution is 9.10. The molecule has 0 aromatic heterocycles. The summed E-state index contributed by atoms with van der Waals surface area (Å²) in [6, 6.07) is 13.1. The van der Waals surface area contributed by atoms with Gasteiger partial charge >= 0.3 is 0 Å². The molecule has 2 rings (SSSR count). The lowest BCUT2D eigenvalue weighted by molar-refractivity contribution is 0.617. The molecule has 0 aliphatic rings. The van der Waals surface area contributed by atoms with E-state index in [1.54, 1.807) is 0 Å². The van der Waals surface area contributed by atoms with Gasteiger partial charge in [0.15, 0.2) is 0 Å². The van der Waals surface area contributed by atoms with Crippen LogP contribution in [0.25, 0.3) is 0 Å². The van der Waals surface area contributed by atoms with Gasteiger partial charge in [-0.1, -0.05) is 54.0 Å². The monoisotopic (exact) mass is 335 g/mol. The van der Waals surface area contributed by atoms with Crippen LogP contribution in [-0.2, 0) is 6.42 Å². The molecular formula is C17H19BrFN. The second-order valence-electron chi connectivity index (χ2n) is 5.41. The Morgan fingerprint density at radius 2 is 1.70 bits per heavy atom. The normalized spacial score (nSPS) is 12.7. The van der Waals surface area contributed by atoms with Crippen LogP contribution in [-0.4, -0.2) is 0 Å². The van der Waals surface area contributed by atoms with Gasteiger partial charge in [-0.3, -0.25) is 0 Å². The molecule has 0 bridgehead atoms. The Balaban J connectivity index is 2.12. The van der Waals surface area contributed by atoms with Crippen molar-refractivity contribution in [2.75, 3.05) is 0 Å². The topological polar surface area (TPSA) is 26.0 Å². The van der Waals surface area contributed by atoms with Crippen molar-refractivity contribution in [1.82, 2.24) is 0 Å². The zero-order valence-electron chi connectivity index (χ0n) is 11.7. The van der Waals surface area contributed by atoms with Crippen molar-refractivity contribution in [3.63, 3.8) is 0 Å². The fourth-order valence-corrected chi connectivity index (χ4v) is 2.68. The molecule has 0 saturated carbocycles. The van der Waals surface area contributed by atoms with Crippen LogP contribution in [0, 0.1) is 5.82 Å². The highest BCUT2D eigenvalue weighted by Crippen LogP contribution is 2.22. The lowest BCUT2D eigenvalue weighted by Crippen LogP contribution is -2.13. The summed E-state index contributed by atoms with van der Waals surface area (Å²) in [5, 5.41) is 0. The predicted molar refractivity (Wildman–Crippen MR) is 85.3 cm³/mol. The average molecular weight is 336 g/mol. The first-order valence-electron chi connectivity index (χ1n) is 6.76. The minimum atomic E-state index is -0.264. The maximum atomic E-state index is 13.4. The summed E-state index contributed by atoms with van der Waals surface area (Å²) < 4.78 is 14.1. The molecule has 2 aromatic carbocycles. The van der Waals surface area contributed by atoms with Gasteiger partial charge in [0.25, 0.3) is 0 Å². The molecule has 0 spiro atoms. The molecule has 0 amide bonds. The third-order valence-electron chi connectivity index (χ3n) is 3.42. The van der Waals surface area contributed by atoms with Crippen molar-refractivity contribution in [3.8, 4) is 0 Å². The summed E-state index contributed by atoms with van der Waals surface area (Å²) >= 11 is 3.30. The molecule has 0 aliphatic heterocycles. The van der Waals surface area contributed by atoms with Crippen LogP contribution in [0.15, 0.2) is 46.9 Å². The highest BCUT2D eigenvalue weighted by atomic mass is 79.9. The molecule has 1 unspecified atom stereocenters. The lowest BCUT2D eigenvalue weighted by Gasteiger charge is -2.14. The first kappa shape index (κ1) is 15.2. The van der Waals surface area contributed by atoms with Crippen LogP contribution < -0.4 is 5.73 Å². The summed E-state index contributed by atoms with van der Waals surface area (Å²) in [5.74, 6) is 0.261. The average Bonchev–Trinajstić information content (AvgIpc) is 2.38. The highest BCUT2D eigenvalue weighted by Gasteiger charge is 2.10. The minimum Gasteiger partial charge on any atom is -0.324 e. The number of hydrogen-bond donors (Lipinski definition) is 1. The Hall–Kier alpha value is -1.19. The zero-order chi connectivity index (χ0) is 14.7. The van der Waals surface area contributed by atoms with Gasteiger partial charge in [0.1, 0.15) is 5.82 Å². The molecule has 0 heterocycles. The molecular weight excluding hydrogens is 317 g/mol. The maximum absolute atomic E-state index is 13.4. The second kappa shape index (κ2) is 6.51. The Bertz CT molecular complexity index is 558. The van der Waals surface area contributed by atoms with Crippen molar-refractivity contribution in [2.24, 2.45) is 5.73 Å². The van der Waals surface area contributed by atoms with E-state index in [2.05, 4.69) is 54.0 Å². The first-order valence-corrected chi connectivity index (χ1v) is 7.55. The first-order chi connectivity index (χ1) is 9.45. The number of nitrogens with two attached hydrogens (primary N) is 1. The number of halogens is 2. The van der Waals surface area contributed by atoms with E-state index in [0.717, 1.165) is 10.0 Å². The molecule has 20 heavy (non-hydrogen) atoms. The third kappa shape index (κ3) is 3.90. The van der Waals surface area contributed by atoms with E-state index in [1.165, 1.54) is 23.3 Å². The van der Waals surface area contributed by atoms with Crippen LogP contribution in [0.3, 0.4) is 0 Å². The Labute approximate surface area is 128 Å².